The molecule has 0 radical (unpaired) electrons. The van der Waals surface area contributed by atoms with Gasteiger partial charge in [-0.25, -0.2) is 9.69 Å². The van der Waals surface area contributed by atoms with Crippen LogP contribution in [0.25, 0.3) is 0 Å². The molecule has 1 fully saturated rings. The molecule has 0 aromatic rings. The standard InChI is InChI=1S/C12H18N4O4.ClH/c1-3-7-15-10(18)11(19)16(12(15)20)8-9(17)14-6-5-13-4-2;/h3,13H,1,4-8H2,2H3,(H,14,17);1H. The molecule has 21 heavy (non-hydrogen) atoms. The van der Waals surface area contributed by atoms with E-state index < -0.39 is 30.3 Å². The summed E-state index contributed by atoms with van der Waals surface area (Å²) in [4.78, 5) is 47.9. The Morgan fingerprint density at radius 2 is 1.81 bits per heavy atom. The monoisotopic (exact) mass is 318 g/mol. The van der Waals surface area contributed by atoms with E-state index in [4.69, 9.17) is 0 Å². The highest BCUT2D eigenvalue weighted by Crippen LogP contribution is 2.11. The highest BCUT2D eigenvalue weighted by atomic mass is 35.5. The molecule has 8 nitrogen and oxygen atoms in total. The average Bonchev–Trinajstić information content (AvgIpc) is 2.62. The Hall–Kier alpha value is -1.93. The molecule has 0 spiro atoms. The molecule has 5 amide bonds. The quantitative estimate of drug-likeness (QED) is 0.262. The van der Waals surface area contributed by atoms with Crippen LogP contribution < -0.4 is 10.6 Å². The van der Waals surface area contributed by atoms with Crippen LogP contribution in [0.4, 0.5) is 4.79 Å². The van der Waals surface area contributed by atoms with Gasteiger partial charge in [0.2, 0.25) is 5.91 Å². The highest BCUT2D eigenvalue weighted by Gasteiger charge is 2.44. The molecule has 0 aromatic heterocycles. The van der Waals surface area contributed by atoms with Crippen molar-refractivity contribution in [1.29, 1.82) is 0 Å². The van der Waals surface area contributed by atoms with Crippen molar-refractivity contribution in [3.05, 3.63) is 12.7 Å². The van der Waals surface area contributed by atoms with Crippen molar-refractivity contribution >= 4 is 36.2 Å². The van der Waals surface area contributed by atoms with E-state index in [9.17, 15) is 19.2 Å². The van der Waals surface area contributed by atoms with Crippen LogP contribution in [0.2, 0.25) is 0 Å². The van der Waals surface area contributed by atoms with Gasteiger partial charge in [-0.15, -0.1) is 19.0 Å². The number of hydrogen-bond donors (Lipinski definition) is 2. The SMILES string of the molecule is C=CCN1C(=O)C(=O)N(CC(=O)NCCNCC)C1=O.Cl. The number of carbonyl (C=O) groups is 4. The molecule has 1 heterocycles. The van der Waals surface area contributed by atoms with Crippen molar-refractivity contribution in [2.45, 2.75) is 6.92 Å². The number of urea groups is 1. The average molecular weight is 319 g/mol. The molecule has 9 heteroatoms. The molecule has 0 bridgehead atoms. The fraction of sp³-hybridized carbons (Fsp3) is 0.500. The number of amides is 5. The summed E-state index contributed by atoms with van der Waals surface area (Å²) in [6.45, 7) is 6.58. The maximum Gasteiger partial charge on any atom is 0.335 e. The molecule has 1 aliphatic heterocycles. The number of rotatable bonds is 8. The van der Waals surface area contributed by atoms with Crippen molar-refractivity contribution in [2.75, 3.05) is 32.7 Å². The zero-order valence-electron chi connectivity index (χ0n) is 11.8. The first kappa shape index (κ1) is 19.1. The summed E-state index contributed by atoms with van der Waals surface area (Å²) in [7, 11) is 0. The van der Waals surface area contributed by atoms with Crippen molar-refractivity contribution < 1.29 is 19.2 Å². The number of carbonyl (C=O) groups excluding carboxylic acids is 4. The summed E-state index contributed by atoms with van der Waals surface area (Å²) in [5.74, 6) is -2.41. The summed E-state index contributed by atoms with van der Waals surface area (Å²) in [5, 5.41) is 5.56. The van der Waals surface area contributed by atoms with Crippen molar-refractivity contribution in [3.8, 4) is 0 Å². The molecule has 0 atom stereocenters. The Morgan fingerprint density at radius 1 is 1.19 bits per heavy atom. The van der Waals surface area contributed by atoms with Gasteiger partial charge in [0.1, 0.15) is 6.54 Å². The summed E-state index contributed by atoms with van der Waals surface area (Å²) >= 11 is 0. The second-order valence-electron chi connectivity index (χ2n) is 4.08. The van der Waals surface area contributed by atoms with Gasteiger partial charge in [-0.2, -0.15) is 0 Å². The number of hydrogen-bond acceptors (Lipinski definition) is 5. The van der Waals surface area contributed by atoms with E-state index in [1.165, 1.54) is 6.08 Å². The van der Waals surface area contributed by atoms with E-state index in [1.54, 1.807) is 0 Å². The molecule has 0 aliphatic carbocycles. The molecule has 0 aromatic carbocycles. The molecular weight excluding hydrogens is 300 g/mol. The first-order valence-corrected chi connectivity index (χ1v) is 6.28. The Balaban J connectivity index is 0.00000400. The van der Waals surface area contributed by atoms with E-state index in [0.29, 0.717) is 18.0 Å². The molecule has 118 valence electrons. The topological polar surface area (TPSA) is 98.8 Å². The van der Waals surface area contributed by atoms with Gasteiger partial charge in [0.15, 0.2) is 0 Å². The van der Waals surface area contributed by atoms with Crippen LogP contribution in [0.5, 0.6) is 0 Å². The predicted molar refractivity (Wildman–Crippen MR) is 77.8 cm³/mol. The second kappa shape index (κ2) is 9.09. The largest absolute Gasteiger partial charge is 0.353 e. The van der Waals surface area contributed by atoms with Gasteiger partial charge in [-0.1, -0.05) is 13.0 Å². The van der Waals surface area contributed by atoms with Gasteiger partial charge in [-0.3, -0.25) is 19.3 Å². The van der Waals surface area contributed by atoms with E-state index in [2.05, 4.69) is 17.2 Å². The minimum Gasteiger partial charge on any atom is -0.353 e. The number of likely N-dealkylation sites (N-methyl/N-ethyl adjacent to an activating group) is 1. The van der Waals surface area contributed by atoms with Crippen LogP contribution in [0, 0.1) is 0 Å². The number of nitrogens with zero attached hydrogens (tertiary/aromatic N) is 2. The third-order valence-electron chi connectivity index (χ3n) is 2.62. The lowest BCUT2D eigenvalue weighted by atomic mass is 10.4. The van der Waals surface area contributed by atoms with Gasteiger partial charge in [-0.05, 0) is 6.54 Å². The number of imide groups is 2. The van der Waals surface area contributed by atoms with Crippen molar-refractivity contribution in [2.24, 2.45) is 0 Å². The minimum atomic E-state index is -0.987. The van der Waals surface area contributed by atoms with Gasteiger partial charge < -0.3 is 10.6 Å². The third-order valence-corrected chi connectivity index (χ3v) is 2.62. The smallest absolute Gasteiger partial charge is 0.335 e. The van der Waals surface area contributed by atoms with Gasteiger partial charge >= 0.3 is 17.8 Å². The summed E-state index contributed by atoms with van der Waals surface area (Å²) in [5.41, 5.74) is 0. The fourth-order valence-electron chi connectivity index (χ4n) is 1.65. The van der Waals surface area contributed by atoms with Crippen molar-refractivity contribution in [1.82, 2.24) is 20.4 Å². The van der Waals surface area contributed by atoms with E-state index >= 15 is 0 Å². The van der Waals surface area contributed by atoms with Gasteiger partial charge in [0, 0.05) is 19.6 Å². The summed E-state index contributed by atoms with van der Waals surface area (Å²) in [6.07, 6.45) is 1.34. The van der Waals surface area contributed by atoms with E-state index in [-0.39, 0.29) is 19.0 Å². The minimum absolute atomic E-state index is 0. The van der Waals surface area contributed by atoms with Gasteiger partial charge in [0.25, 0.3) is 0 Å². The Labute approximate surface area is 128 Å². The molecular formula is C12H19ClN4O4. The molecule has 1 rings (SSSR count). The molecule has 1 aliphatic rings. The second-order valence-corrected chi connectivity index (χ2v) is 4.08. The lowest BCUT2D eigenvalue weighted by Crippen LogP contribution is -2.43. The normalized spacial score (nSPS) is 14.2. The Morgan fingerprint density at radius 3 is 2.38 bits per heavy atom. The zero-order valence-corrected chi connectivity index (χ0v) is 12.6. The van der Waals surface area contributed by atoms with Crippen LogP contribution >= 0.6 is 12.4 Å². The van der Waals surface area contributed by atoms with Crippen LogP contribution in [-0.2, 0) is 14.4 Å². The number of nitrogens with one attached hydrogen (secondary N) is 2. The van der Waals surface area contributed by atoms with Gasteiger partial charge in [0.05, 0.1) is 0 Å². The zero-order chi connectivity index (χ0) is 15.1. The van der Waals surface area contributed by atoms with Crippen LogP contribution in [-0.4, -0.2) is 66.3 Å². The Bertz CT molecular complexity index is 441. The molecule has 1 saturated heterocycles. The third kappa shape index (κ3) is 4.83. The lowest BCUT2D eigenvalue weighted by Gasteiger charge is -2.14. The summed E-state index contributed by atoms with van der Waals surface area (Å²) in [6, 6.07) is -0.790. The van der Waals surface area contributed by atoms with Crippen LogP contribution in [0.15, 0.2) is 12.7 Å². The lowest BCUT2D eigenvalue weighted by molar-refractivity contribution is -0.143. The van der Waals surface area contributed by atoms with E-state index in [1.807, 2.05) is 6.92 Å². The number of halogens is 1. The molecule has 2 N–H and O–H groups in total. The van der Waals surface area contributed by atoms with Crippen LogP contribution in [0.3, 0.4) is 0 Å². The predicted octanol–water partition coefficient (Wildman–Crippen LogP) is -0.889. The summed E-state index contributed by atoms with van der Waals surface area (Å²) < 4.78 is 0. The van der Waals surface area contributed by atoms with E-state index in [0.717, 1.165) is 11.4 Å². The van der Waals surface area contributed by atoms with Crippen LogP contribution in [0.1, 0.15) is 6.92 Å². The first-order valence-electron chi connectivity index (χ1n) is 6.28. The highest BCUT2D eigenvalue weighted by molar-refractivity contribution is 6.45. The molecule has 0 saturated carbocycles. The fourth-order valence-corrected chi connectivity index (χ4v) is 1.65. The maximum atomic E-state index is 11.8. The maximum absolute atomic E-state index is 11.8. The Kier molecular flexibility index (Phi) is 8.25. The first-order chi connectivity index (χ1) is 9.52. The van der Waals surface area contributed by atoms with Crippen molar-refractivity contribution in [3.63, 3.8) is 0 Å². The molecule has 0 unspecified atom stereocenters.